The first-order chi connectivity index (χ1) is 8.66. The molecule has 106 valence electrons. The van der Waals surface area contributed by atoms with Crippen LogP contribution in [0.3, 0.4) is 0 Å². The molecule has 1 rings (SSSR count). The number of ether oxygens (including phenoxy) is 1. The standard InChI is InChI=1S/C11H16N2O5S/c1-4-8(3)18-10-5-7(2)11(19(12,16)17)6-9(10)13(14)15/h5-6,8H,4H2,1-3H3,(H2,12,16,17). The number of nitro groups is 1. The van der Waals surface area contributed by atoms with E-state index in [4.69, 9.17) is 9.88 Å². The van der Waals surface area contributed by atoms with Crippen molar-refractivity contribution in [3.63, 3.8) is 0 Å². The van der Waals surface area contributed by atoms with Gasteiger partial charge in [0.15, 0.2) is 5.75 Å². The van der Waals surface area contributed by atoms with Crippen LogP contribution in [0.1, 0.15) is 25.8 Å². The van der Waals surface area contributed by atoms with Crippen LogP contribution in [0.5, 0.6) is 5.75 Å². The highest BCUT2D eigenvalue weighted by Gasteiger charge is 2.23. The quantitative estimate of drug-likeness (QED) is 0.654. The number of hydrogen-bond donors (Lipinski definition) is 1. The van der Waals surface area contributed by atoms with Crippen LogP contribution >= 0.6 is 0 Å². The van der Waals surface area contributed by atoms with Gasteiger partial charge >= 0.3 is 5.69 Å². The van der Waals surface area contributed by atoms with E-state index in [0.29, 0.717) is 12.0 Å². The summed E-state index contributed by atoms with van der Waals surface area (Å²) in [7, 11) is -4.00. The molecule has 2 N–H and O–H groups in total. The molecular formula is C11H16N2O5S. The van der Waals surface area contributed by atoms with E-state index in [1.54, 1.807) is 6.92 Å². The van der Waals surface area contributed by atoms with Crippen molar-refractivity contribution in [2.45, 2.75) is 38.2 Å². The maximum absolute atomic E-state index is 11.3. The van der Waals surface area contributed by atoms with Crippen LogP contribution in [0.2, 0.25) is 0 Å². The van der Waals surface area contributed by atoms with Crippen LogP contribution in [-0.2, 0) is 10.0 Å². The molecule has 0 aliphatic heterocycles. The second-order valence-corrected chi connectivity index (χ2v) is 5.75. The normalized spacial score (nSPS) is 13.1. The van der Waals surface area contributed by atoms with Crippen molar-refractivity contribution in [1.82, 2.24) is 0 Å². The predicted octanol–water partition coefficient (Wildman–Crippen LogP) is 1.73. The minimum atomic E-state index is -4.00. The Morgan fingerprint density at radius 1 is 1.47 bits per heavy atom. The Labute approximate surface area is 111 Å². The van der Waals surface area contributed by atoms with Crippen molar-refractivity contribution in [2.75, 3.05) is 0 Å². The smallest absolute Gasteiger partial charge is 0.312 e. The predicted molar refractivity (Wildman–Crippen MR) is 69.6 cm³/mol. The summed E-state index contributed by atoms with van der Waals surface area (Å²) in [6, 6.07) is 2.26. The molecule has 0 spiro atoms. The summed E-state index contributed by atoms with van der Waals surface area (Å²) in [6.07, 6.45) is 0.464. The molecule has 1 atom stereocenters. The third-order valence-electron chi connectivity index (χ3n) is 2.66. The summed E-state index contributed by atoms with van der Waals surface area (Å²) in [5, 5.41) is 16.0. The van der Waals surface area contributed by atoms with Crippen molar-refractivity contribution >= 4 is 15.7 Å². The highest BCUT2D eigenvalue weighted by molar-refractivity contribution is 7.89. The number of benzene rings is 1. The van der Waals surface area contributed by atoms with Gasteiger partial charge in [-0.05, 0) is 31.9 Å². The van der Waals surface area contributed by atoms with Crippen LogP contribution in [0.4, 0.5) is 5.69 Å². The SMILES string of the molecule is CCC(C)Oc1cc(C)c(S(N)(=O)=O)cc1[N+](=O)[O-]. The first-order valence-corrected chi connectivity index (χ1v) is 7.20. The summed E-state index contributed by atoms with van der Waals surface area (Å²) in [4.78, 5) is 10.0. The number of aryl methyl sites for hydroxylation is 1. The van der Waals surface area contributed by atoms with Gasteiger partial charge in [0.2, 0.25) is 10.0 Å². The van der Waals surface area contributed by atoms with E-state index < -0.39 is 20.6 Å². The summed E-state index contributed by atoms with van der Waals surface area (Å²) < 4.78 is 28.1. The molecule has 7 nitrogen and oxygen atoms in total. The zero-order valence-corrected chi connectivity index (χ0v) is 11.7. The number of nitrogens with two attached hydrogens (primary N) is 1. The van der Waals surface area contributed by atoms with Gasteiger partial charge in [-0.1, -0.05) is 6.92 Å². The highest BCUT2D eigenvalue weighted by Crippen LogP contribution is 2.32. The van der Waals surface area contributed by atoms with Gasteiger partial charge in [-0.15, -0.1) is 0 Å². The minimum Gasteiger partial charge on any atom is -0.484 e. The van der Waals surface area contributed by atoms with Gasteiger partial charge in [0.1, 0.15) is 0 Å². The van der Waals surface area contributed by atoms with Gasteiger partial charge < -0.3 is 4.74 Å². The molecule has 0 radical (unpaired) electrons. The van der Waals surface area contributed by atoms with Gasteiger partial charge in [-0.3, -0.25) is 10.1 Å². The molecule has 0 aliphatic carbocycles. The molecule has 0 heterocycles. The first-order valence-electron chi connectivity index (χ1n) is 5.65. The molecule has 1 unspecified atom stereocenters. The Morgan fingerprint density at radius 3 is 2.47 bits per heavy atom. The lowest BCUT2D eigenvalue weighted by atomic mass is 10.2. The van der Waals surface area contributed by atoms with Crippen molar-refractivity contribution in [2.24, 2.45) is 5.14 Å². The molecule has 19 heavy (non-hydrogen) atoms. The van der Waals surface area contributed by atoms with Gasteiger partial charge in [-0.25, -0.2) is 13.6 Å². The minimum absolute atomic E-state index is 0.0456. The third-order valence-corrected chi connectivity index (χ3v) is 3.72. The lowest BCUT2D eigenvalue weighted by molar-refractivity contribution is -0.386. The number of nitrogens with zero attached hydrogens (tertiary/aromatic N) is 1. The van der Waals surface area contributed by atoms with E-state index in [2.05, 4.69) is 0 Å². The van der Waals surface area contributed by atoms with Gasteiger partial charge in [0.05, 0.1) is 15.9 Å². The monoisotopic (exact) mass is 288 g/mol. The maximum Gasteiger partial charge on any atom is 0.312 e. The Balaban J connectivity index is 3.42. The number of hydrogen-bond acceptors (Lipinski definition) is 5. The van der Waals surface area contributed by atoms with Crippen LogP contribution in [-0.4, -0.2) is 19.4 Å². The van der Waals surface area contributed by atoms with Crippen LogP contribution in [0.25, 0.3) is 0 Å². The zero-order valence-electron chi connectivity index (χ0n) is 10.9. The fourth-order valence-electron chi connectivity index (χ4n) is 1.49. The molecular weight excluding hydrogens is 272 g/mol. The highest BCUT2D eigenvalue weighted by atomic mass is 32.2. The van der Waals surface area contributed by atoms with Crippen molar-refractivity contribution in [3.8, 4) is 5.75 Å². The van der Waals surface area contributed by atoms with Gasteiger partial charge in [0, 0.05) is 6.07 Å². The Bertz CT molecular complexity index is 597. The van der Waals surface area contributed by atoms with Crippen LogP contribution in [0, 0.1) is 17.0 Å². The Morgan fingerprint density at radius 2 is 2.05 bits per heavy atom. The summed E-state index contributed by atoms with van der Waals surface area (Å²) in [5.74, 6) is 0.0456. The number of primary sulfonamides is 1. The fraction of sp³-hybridized carbons (Fsp3) is 0.455. The molecule has 0 saturated carbocycles. The second kappa shape index (κ2) is 5.54. The Kier molecular flexibility index (Phi) is 4.48. The average molecular weight is 288 g/mol. The zero-order chi connectivity index (χ0) is 14.8. The molecule has 0 amide bonds. The van der Waals surface area contributed by atoms with E-state index in [0.717, 1.165) is 6.07 Å². The van der Waals surface area contributed by atoms with Crippen molar-refractivity contribution < 1.29 is 18.1 Å². The third kappa shape index (κ3) is 3.65. The number of sulfonamides is 1. The summed E-state index contributed by atoms with van der Waals surface area (Å²) in [6.45, 7) is 5.15. The molecule has 8 heteroatoms. The lowest BCUT2D eigenvalue weighted by Crippen LogP contribution is -2.15. The number of nitro benzene ring substituents is 1. The summed E-state index contributed by atoms with van der Waals surface area (Å²) >= 11 is 0. The molecule has 0 fully saturated rings. The van der Waals surface area contributed by atoms with Crippen molar-refractivity contribution in [3.05, 3.63) is 27.8 Å². The number of rotatable bonds is 5. The van der Waals surface area contributed by atoms with E-state index in [9.17, 15) is 18.5 Å². The van der Waals surface area contributed by atoms with E-state index in [1.165, 1.54) is 13.0 Å². The van der Waals surface area contributed by atoms with E-state index >= 15 is 0 Å². The van der Waals surface area contributed by atoms with Crippen molar-refractivity contribution in [1.29, 1.82) is 0 Å². The fourth-order valence-corrected chi connectivity index (χ4v) is 2.28. The first kappa shape index (κ1) is 15.4. The molecule has 0 bridgehead atoms. The lowest BCUT2D eigenvalue weighted by Gasteiger charge is -2.14. The summed E-state index contributed by atoms with van der Waals surface area (Å²) in [5.41, 5.74) is -0.0960. The van der Waals surface area contributed by atoms with E-state index in [1.807, 2.05) is 6.92 Å². The average Bonchev–Trinajstić information content (AvgIpc) is 2.26. The van der Waals surface area contributed by atoms with Gasteiger partial charge in [-0.2, -0.15) is 0 Å². The topological polar surface area (TPSA) is 113 Å². The maximum atomic E-state index is 11.3. The van der Waals surface area contributed by atoms with Crippen LogP contribution in [0.15, 0.2) is 17.0 Å². The van der Waals surface area contributed by atoms with Gasteiger partial charge in [0.25, 0.3) is 0 Å². The Hall–Kier alpha value is -1.67. The second-order valence-electron chi connectivity index (χ2n) is 4.22. The molecule has 0 aliphatic rings. The molecule has 0 saturated heterocycles. The molecule has 1 aromatic rings. The molecule has 1 aromatic carbocycles. The van der Waals surface area contributed by atoms with E-state index in [-0.39, 0.29) is 16.7 Å². The van der Waals surface area contributed by atoms with Crippen LogP contribution < -0.4 is 9.88 Å². The molecule has 0 aromatic heterocycles. The largest absolute Gasteiger partial charge is 0.484 e.